The Hall–Kier alpha value is -1.83. The zero-order chi connectivity index (χ0) is 16.9. The first-order valence-corrected chi connectivity index (χ1v) is 8.95. The van der Waals surface area contributed by atoms with Crippen LogP contribution in [-0.2, 0) is 11.3 Å². The molecule has 1 aromatic carbocycles. The summed E-state index contributed by atoms with van der Waals surface area (Å²) >= 11 is 7.76. The van der Waals surface area contributed by atoms with E-state index in [0.29, 0.717) is 30.5 Å². The summed E-state index contributed by atoms with van der Waals surface area (Å²) in [6.07, 6.45) is 0. The molecular weight excluding hydrogens is 348 g/mol. The maximum absolute atomic E-state index is 12.1. The average molecular weight is 367 g/mol. The molecule has 1 aliphatic heterocycles. The number of nitrogens with one attached hydrogen (secondary N) is 2. The zero-order valence-electron chi connectivity index (χ0n) is 13.3. The number of carbonyl (C=O) groups excluding carboxylic acids is 1. The van der Waals surface area contributed by atoms with Gasteiger partial charge in [-0.25, -0.2) is 9.78 Å². The number of rotatable bonds is 4. The van der Waals surface area contributed by atoms with Gasteiger partial charge in [-0.15, -0.1) is 11.3 Å². The quantitative estimate of drug-likeness (QED) is 0.871. The monoisotopic (exact) mass is 366 g/mol. The molecule has 128 valence electrons. The molecule has 1 aliphatic rings. The molecule has 6 nitrogen and oxygen atoms in total. The summed E-state index contributed by atoms with van der Waals surface area (Å²) in [6.45, 7) is 5.40. The van der Waals surface area contributed by atoms with Gasteiger partial charge in [0, 0.05) is 24.2 Å². The van der Waals surface area contributed by atoms with Crippen molar-refractivity contribution in [2.45, 2.75) is 13.5 Å². The number of hydrogen-bond acceptors (Lipinski definition) is 5. The van der Waals surface area contributed by atoms with Crippen molar-refractivity contribution in [3.63, 3.8) is 0 Å². The van der Waals surface area contributed by atoms with Gasteiger partial charge < -0.3 is 20.3 Å². The number of hydrogen-bond donors (Lipinski definition) is 2. The first-order valence-electron chi connectivity index (χ1n) is 7.70. The number of morpholine rings is 1. The number of aryl methyl sites for hydroxylation is 1. The number of halogens is 1. The molecular formula is C16H19ClN4O2S. The Morgan fingerprint density at radius 3 is 2.92 bits per heavy atom. The first kappa shape index (κ1) is 17.0. The predicted molar refractivity (Wildman–Crippen MR) is 97.2 cm³/mol. The molecule has 0 atom stereocenters. The number of nitrogens with zero attached hydrogens (tertiary/aromatic N) is 2. The molecule has 0 unspecified atom stereocenters. The van der Waals surface area contributed by atoms with E-state index in [1.807, 2.05) is 24.4 Å². The fourth-order valence-corrected chi connectivity index (χ4v) is 3.23. The van der Waals surface area contributed by atoms with E-state index in [0.717, 1.165) is 29.5 Å². The lowest BCUT2D eigenvalue weighted by Crippen LogP contribution is -2.36. The third-order valence-corrected chi connectivity index (χ3v) is 4.82. The van der Waals surface area contributed by atoms with Gasteiger partial charge in [0.1, 0.15) is 0 Å². The molecule has 2 heterocycles. The molecule has 0 spiro atoms. The summed E-state index contributed by atoms with van der Waals surface area (Å²) in [7, 11) is 0. The van der Waals surface area contributed by atoms with Gasteiger partial charge in [0.25, 0.3) is 0 Å². The Kier molecular flexibility index (Phi) is 5.55. The lowest BCUT2D eigenvalue weighted by Gasteiger charge is -2.29. The highest BCUT2D eigenvalue weighted by Gasteiger charge is 2.14. The van der Waals surface area contributed by atoms with Gasteiger partial charge in [-0.05, 0) is 25.1 Å². The van der Waals surface area contributed by atoms with Gasteiger partial charge >= 0.3 is 6.03 Å². The maximum atomic E-state index is 12.1. The van der Waals surface area contributed by atoms with E-state index >= 15 is 0 Å². The Labute approximate surface area is 149 Å². The van der Waals surface area contributed by atoms with Gasteiger partial charge in [0.2, 0.25) is 0 Å². The SMILES string of the molecule is Cc1nc(CNC(=O)Nc2cc(N3CCOCC3)ccc2Cl)cs1. The van der Waals surface area contributed by atoms with Crippen molar-refractivity contribution in [2.75, 3.05) is 36.5 Å². The average Bonchev–Trinajstić information content (AvgIpc) is 3.01. The molecule has 2 aromatic rings. The molecule has 1 saturated heterocycles. The normalized spacial score (nSPS) is 14.5. The van der Waals surface area contributed by atoms with Crippen LogP contribution in [0, 0.1) is 6.92 Å². The number of amides is 2. The van der Waals surface area contributed by atoms with E-state index < -0.39 is 0 Å². The number of aromatic nitrogens is 1. The summed E-state index contributed by atoms with van der Waals surface area (Å²) in [4.78, 5) is 18.6. The molecule has 1 aromatic heterocycles. The van der Waals surface area contributed by atoms with Crippen molar-refractivity contribution >= 4 is 40.3 Å². The molecule has 1 fully saturated rings. The first-order chi connectivity index (χ1) is 11.6. The fourth-order valence-electron chi connectivity index (χ4n) is 2.45. The van der Waals surface area contributed by atoms with Crippen molar-refractivity contribution < 1.29 is 9.53 Å². The second-order valence-electron chi connectivity index (χ2n) is 5.43. The third-order valence-electron chi connectivity index (χ3n) is 3.67. The van der Waals surface area contributed by atoms with Crippen LogP contribution in [0.25, 0.3) is 0 Å². The Morgan fingerprint density at radius 1 is 1.42 bits per heavy atom. The van der Waals surface area contributed by atoms with Gasteiger partial charge in [0.05, 0.1) is 41.2 Å². The van der Waals surface area contributed by atoms with Crippen LogP contribution in [-0.4, -0.2) is 37.3 Å². The van der Waals surface area contributed by atoms with Gasteiger partial charge in [-0.3, -0.25) is 0 Å². The largest absolute Gasteiger partial charge is 0.378 e. The van der Waals surface area contributed by atoms with E-state index in [-0.39, 0.29) is 6.03 Å². The molecule has 0 bridgehead atoms. The van der Waals surface area contributed by atoms with Gasteiger partial charge in [-0.2, -0.15) is 0 Å². The van der Waals surface area contributed by atoms with Crippen LogP contribution in [0.2, 0.25) is 5.02 Å². The van der Waals surface area contributed by atoms with Crippen molar-refractivity contribution in [3.05, 3.63) is 39.3 Å². The van der Waals surface area contributed by atoms with Crippen molar-refractivity contribution in [1.29, 1.82) is 0 Å². The summed E-state index contributed by atoms with van der Waals surface area (Å²) in [5, 5.41) is 9.01. The Balaban J connectivity index is 1.61. The summed E-state index contributed by atoms with van der Waals surface area (Å²) < 4.78 is 5.36. The van der Waals surface area contributed by atoms with Crippen molar-refractivity contribution in [2.24, 2.45) is 0 Å². The summed E-state index contributed by atoms with van der Waals surface area (Å²) in [6, 6.07) is 5.34. The maximum Gasteiger partial charge on any atom is 0.319 e. The minimum atomic E-state index is -0.304. The molecule has 24 heavy (non-hydrogen) atoms. The number of ether oxygens (including phenoxy) is 1. The number of anilines is 2. The minimum Gasteiger partial charge on any atom is -0.378 e. The highest BCUT2D eigenvalue weighted by Crippen LogP contribution is 2.28. The van der Waals surface area contributed by atoms with Crippen LogP contribution in [0.3, 0.4) is 0 Å². The number of benzene rings is 1. The van der Waals surface area contributed by atoms with E-state index in [4.69, 9.17) is 16.3 Å². The van der Waals surface area contributed by atoms with Gasteiger partial charge in [0.15, 0.2) is 0 Å². The summed E-state index contributed by atoms with van der Waals surface area (Å²) in [5.41, 5.74) is 2.46. The van der Waals surface area contributed by atoms with Crippen molar-refractivity contribution in [1.82, 2.24) is 10.3 Å². The molecule has 0 aliphatic carbocycles. The molecule has 0 radical (unpaired) electrons. The number of urea groups is 1. The van der Waals surface area contributed by atoms with Crippen LogP contribution in [0.4, 0.5) is 16.2 Å². The van der Waals surface area contributed by atoms with Crippen LogP contribution in [0.5, 0.6) is 0 Å². The zero-order valence-corrected chi connectivity index (χ0v) is 14.9. The second-order valence-corrected chi connectivity index (χ2v) is 6.90. The topological polar surface area (TPSA) is 66.5 Å². The summed E-state index contributed by atoms with van der Waals surface area (Å²) in [5.74, 6) is 0. The van der Waals surface area contributed by atoms with E-state index in [2.05, 4.69) is 20.5 Å². The Morgan fingerprint density at radius 2 is 2.21 bits per heavy atom. The van der Waals surface area contributed by atoms with Crippen LogP contribution >= 0.6 is 22.9 Å². The lowest BCUT2D eigenvalue weighted by molar-refractivity contribution is 0.122. The highest BCUT2D eigenvalue weighted by atomic mass is 35.5. The van der Waals surface area contributed by atoms with Crippen LogP contribution in [0.15, 0.2) is 23.6 Å². The van der Waals surface area contributed by atoms with Crippen LogP contribution in [0.1, 0.15) is 10.7 Å². The molecule has 2 amide bonds. The predicted octanol–water partition coefficient (Wildman–Crippen LogP) is 3.26. The second kappa shape index (κ2) is 7.83. The van der Waals surface area contributed by atoms with E-state index in [9.17, 15) is 4.79 Å². The minimum absolute atomic E-state index is 0.304. The molecule has 3 rings (SSSR count). The standard InChI is InChI=1S/C16H19ClN4O2S/c1-11-19-12(10-24-11)9-18-16(22)20-15-8-13(2-3-14(15)17)21-4-6-23-7-5-21/h2-3,8,10H,4-7,9H2,1H3,(H2,18,20,22). The number of carbonyl (C=O) groups is 1. The molecule has 8 heteroatoms. The van der Waals surface area contributed by atoms with E-state index in [1.54, 1.807) is 17.4 Å². The fraction of sp³-hybridized carbons (Fsp3) is 0.375. The smallest absolute Gasteiger partial charge is 0.319 e. The van der Waals surface area contributed by atoms with Crippen LogP contribution < -0.4 is 15.5 Å². The lowest BCUT2D eigenvalue weighted by atomic mass is 10.2. The van der Waals surface area contributed by atoms with E-state index in [1.165, 1.54) is 0 Å². The highest BCUT2D eigenvalue weighted by molar-refractivity contribution is 7.09. The van der Waals surface area contributed by atoms with Gasteiger partial charge in [-0.1, -0.05) is 11.6 Å². The molecule has 0 saturated carbocycles. The Bertz CT molecular complexity index is 716. The molecule has 2 N–H and O–H groups in total. The van der Waals surface area contributed by atoms with Crippen molar-refractivity contribution in [3.8, 4) is 0 Å². The number of thiazole rings is 1. The third kappa shape index (κ3) is 4.37.